The minimum atomic E-state index is -0.277. The minimum absolute atomic E-state index is 0.00453. The predicted octanol–water partition coefficient (Wildman–Crippen LogP) is 2.88. The third kappa shape index (κ3) is 3.27. The summed E-state index contributed by atoms with van der Waals surface area (Å²) >= 11 is 0. The molecule has 27 heavy (non-hydrogen) atoms. The smallest absolute Gasteiger partial charge is 0.223 e. The quantitative estimate of drug-likeness (QED) is 0.911. The van der Waals surface area contributed by atoms with Crippen molar-refractivity contribution in [3.63, 3.8) is 0 Å². The van der Waals surface area contributed by atoms with Crippen LogP contribution in [0.3, 0.4) is 0 Å². The Balaban J connectivity index is 1.53. The second-order valence-corrected chi connectivity index (χ2v) is 7.27. The van der Waals surface area contributed by atoms with E-state index in [0.717, 1.165) is 36.0 Å². The van der Waals surface area contributed by atoms with E-state index in [0.29, 0.717) is 0 Å². The van der Waals surface area contributed by atoms with E-state index in [-0.39, 0.29) is 30.3 Å². The molecule has 6 nitrogen and oxygen atoms in total. The lowest BCUT2D eigenvalue weighted by Gasteiger charge is -2.33. The maximum absolute atomic E-state index is 12.9. The number of hydrogen-bond donors (Lipinski definition) is 1. The fraction of sp³-hybridized carbons (Fsp3) is 0.381. The molecule has 2 atom stereocenters. The standard InChI is InChI=1S/C21H24N4O2/c1-14(26)25-11-10-15-6-3-4-7-16(15)20(25)12-21(27)23-18-8-5-9-19-17(18)13-22-24(19)2/h3-4,6-7,10-11,13,18,20H,5,8-9,12H2,1-2H3,(H,23,27). The van der Waals surface area contributed by atoms with E-state index in [4.69, 9.17) is 0 Å². The van der Waals surface area contributed by atoms with Crippen LogP contribution in [0.5, 0.6) is 0 Å². The Kier molecular flexibility index (Phi) is 4.56. The predicted molar refractivity (Wildman–Crippen MR) is 102 cm³/mol. The van der Waals surface area contributed by atoms with Crippen molar-refractivity contribution in [2.75, 3.05) is 0 Å². The summed E-state index contributed by atoms with van der Waals surface area (Å²) in [5.74, 6) is -0.108. The van der Waals surface area contributed by atoms with Crippen LogP contribution in [0.1, 0.15) is 60.7 Å². The van der Waals surface area contributed by atoms with Crippen molar-refractivity contribution in [2.24, 2.45) is 7.05 Å². The molecule has 2 amide bonds. The van der Waals surface area contributed by atoms with Crippen LogP contribution in [0.25, 0.3) is 6.08 Å². The van der Waals surface area contributed by atoms with Gasteiger partial charge >= 0.3 is 0 Å². The Morgan fingerprint density at radius 3 is 2.89 bits per heavy atom. The molecule has 6 heteroatoms. The number of aryl methyl sites for hydroxylation is 1. The van der Waals surface area contributed by atoms with Crippen molar-refractivity contribution >= 4 is 17.9 Å². The molecular weight excluding hydrogens is 340 g/mol. The Labute approximate surface area is 158 Å². The largest absolute Gasteiger partial charge is 0.349 e. The normalized spacial score (nSPS) is 20.7. The molecule has 2 aromatic rings. The monoisotopic (exact) mass is 364 g/mol. The minimum Gasteiger partial charge on any atom is -0.349 e. The molecule has 1 aromatic heterocycles. The number of hydrogen-bond acceptors (Lipinski definition) is 3. The van der Waals surface area contributed by atoms with Gasteiger partial charge in [-0.05, 0) is 36.5 Å². The van der Waals surface area contributed by atoms with Gasteiger partial charge in [0.2, 0.25) is 11.8 Å². The molecule has 2 aliphatic rings. The van der Waals surface area contributed by atoms with Crippen LogP contribution < -0.4 is 5.32 Å². The topological polar surface area (TPSA) is 67.2 Å². The molecule has 4 rings (SSSR count). The SMILES string of the molecule is CC(=O)N1C=Cc2ccccc2C1CC(=O)NC1CCCc2c1cnn2C. The van der Waals surface area contributed by atoms with E-state index in [1.54, 1.807) is 11.1 Å². The highest BCUT2D eigenvalue weighted by atomic mass is 16.2. The zero-order chi connectivity index (χ0) is 19.0. The van der Waals surface area contributed by atoms with Crippen LogP contribution in [-0.4, -0.2) is 26.5 Å². The van der Waals surface area contributed by atoms with E-state index < -0.39 is 0 Å². The summed E-state index contributed by atoms with van der Waals surface area (Å²) in [6.07, 6.45) is 8.76. The van der Waals surface area contributed by atoms with Crippen LogP contribution in [0.4, 0.5) is 0 Å². The molecule has 0 radical (unpaired) electrons. The lowest BCUT2D eigenvalue weighted by Crippen LogP contribution is -2.37. The lowest BCUT2D eigenvalue weighted by atomic mass is 9.91. The number of rotatable bonds is 3. The average molecular weight is 364 g/mol. The fourth-order valence-corrected chi connectivity index (χ4v) is 4.20. The Morgan fingerprint density at radius 2 is 2.07 bits per heavy atom. The lowest BCUT2D eigenvalue weighted by molar-refractivity contribution is -0.130. The Bertz CT molecular complexity index is 915. The molecule has 1 aliphatic carbocycles. The van der Waals surface area contributed by atoms with Crippen LogP contribution >= 0.6 is 0 Å². The molecule has 0 spiro atoms. The fourth-order valence-electron chi connectivity index (χ4n) is 4.20. The molecular formula is C21H24N4O2. The molecule has 2 heterocycles. The van der Waals surface area contributed by atoms with Crippen LogP contribution in [0.15, 0.2) is 36.7 Å². The van der Waals surface area contributed by atoms with Crippen molar-refractivity contribution in [1.82, 2.24) is 20.0 Å². The molecule has 0 saturated heterocycles. The summed E-state index contributed by atoms with van der Waals surface area (Å²) in [5, 5.41) is 7.51. The van der Waals surface area contributed by atoms with Crippen LogP contribution in [0.2, 0.25) is 0 Å². The molecule has 0 fully saturated rings. The summed E-state index contributed by atoms with van der Waals surface area (Å²) < 4.78 is 1.90. The average Bonchev–Trinajstić information content (AvgIpc) is 3.04. The highest BCUT2D eigenvalue weighted by Gasteiger charge is 2.30. The number of carbonyl (C=O) groups excluding carboxylic acids is 2. The second kappa shape index (κ2) is 7.02. The first-order chi connectivity index (χ1) is 13.0. The number of aromatic nitrogens is 2. The molecule has 1 aliphatic heterocycles. The van der Waals surface area contributed by atoms with E-state index in [1.807, 2.05) is 48.3 Å². The molecule has 2 unspecified atom stereocenters. The summed E-state index contributed by atoms with van der Waals surface area (Å²) in [6, 6.07) is 7.64. The first-order valence-electron chi connectivity index (χ1n) is 9.40. The number of fused-ring (bicyclic) bond motifs is 2. The van der Waals surface area contributed by atoms with Gasteiger partial charge in [0.05, 0.1) is 24.7 Å². The van der Waals surface area contributed by atoms with Gasteiger partial charge in [0, 0.05) is 31.4 Å². The molecule has 0 bridgehead atoms. The zero-order valence-electron chi connectivity index (χ0n) is 15.7. The van der Waals surface area contributed by atoms with E-state index >= 15 is 0 Å². The summed E-state index contributed by atoms with van der Waals surface area (Å²) in [4.78, 5) is 26.6. The third-order valence-electron chi connectivity index (χ3n) is 5.56. The van der Waals surface area contributed by atoms with Gasteiger partial charge in [0.1, 0.15) is 0 Å². The van der Waals surface area contributed by atoms with E-state index in [9.17, 15) is 9.59 Å². The summed E-state index contributed by atoms with van der Waals surface area (Å²) in [7, 11) is 1.94. The third-order valence-corrected chi connectivity index (χ3v) is 5.56. The number of nitrogens with zero attached hydrogens (tertiary/aromatic N) is 3. The van der Waals surface area contributed by atoms with Gasteiger partial charge in [-0.15, -0.1) is 0 Å². The Hall–Kier alpha value is -2.89. The van der Waals surface area contributed by atoms with Gasteiger partial charge in [-0.25, -0.2) is 0 Å². The number of amides is 2. The van der Waals surface area contributed by atoms with Gasteiger partial charge in [0.25, 0.3) is 0 Å². The van der Waals surface area contributed by atoms with Crippen molar-refractivity contribution in [3.8, 4) is 0 Å². The van der Waals surface area contributed by atoms with Gasteiger partial charge in [-0.2, -0.15) is 5.10 Å². The highest BCUT2D eigenvalue weighted by Crippen LogP contribution is 2.34. The number of benzene rings is 1. The number of nitrogens with one attached hydrogen (secondary N) is 1. The van der Waals surface area contributed by atoms with Crippen molar-refractivity contribution in [1.29, 1.82) is 0 Å². The van der Waals surface area contributed by atoms with Gasteiger partial charge in [0.15, 0.2) is 0 Å². The molecule has 0 saturated carbocycles. The molecule has 140 valence electrons. The summed E-state index contributed by atoms with van der Waals surface area (Å²) in [5.41, 5.74) is 4.38. The maximum atomic E-state index is 12.9. The van der Waals surface area contributed by atoms with Crippen molar-refractivity contribution in [2.45, 2.75) is 44.7 Å². The first-order valence-corrected chi connectivity index (χ1v) is 9.40. The van der Waals surface area contributed by atoms with Crippen LogP contribution in [0, 0.1) is 0 Å². The van der Waals surface area contributed by atoms with Gasteiger partial charge in [-0.1, -0.05) is 24.3 Å². The zero-order valence-corrected chi connectivity index (χ0v) is 15.7. The second-order valence-electron chi connectivity index (χ2n) is 7.27. The van der Waals surface area contributed by atoms with Crippen molar-refractivity contribution < 1.29 is 9.59 Å². The Morgan fingerprint density at radius 1 is 1.26 bits per heavy atom. The number of carbonyl (C=O) groups is 2. The maximum Gasteiger partial charge on any atom is 0.223 e. The summed E-state index contributed by atoms with van der Waals surface area (Å²) in [6.45, 7) is 1.53. The molecule has 1 aromatic carbocycles. The van der Waals surface area contributed by atoms with Gasteiger partial charge < -0.3 is 10.2 Å². The van der Waals surface area contributed by atoms with Crippen LogP contribution in [-0.2, 0) is 23.1 Å². The van der Waals surface area contributed by atoms with Crippen molar-refractivity contribution in [3.05, 3.63) is 59.0 Å². The van der Waals surface area contributed by atoms with Gasteiger partial charge in [-0.3, -0.25) is 14.3 Å². The first kappa shape index (κ1) is 17.5. The highest BCUT2D eigenvalue weighted by molar-refractivity contribution is 5.82. The van der Waals surface area contributed by atoms with E-state index in [2.05, 4.69) is 10.4 Å². The molecule has 1 N–H and O–H groups in total. The van der Waals surface area contributed by atoms with E-state index in [1.165, 1.54) is 12.6 Å².